The molecule has 1 amide bonds. The maximum absolute atomic E-state index is 12.9. The van der Waals surface area contributed by atoms with Crippen LogP contribution >= 0.6 is 11.6 Å². The van der Waals surface area contributed by atoms with E-state index in [0.29, 0.717) is 18.1 Å². The summed E-state index contributed by atoms with van der Waals surface area (Å²) in [5.74, 6) is 0.642. The lowest BCUT2D eigenvalue weighted by Gasteiger charge is -2.35. The van der Waals surface area contributed by atoms with Gasteiger partial charge in [-0.05, 0) is 43.3 Å². The molecule has 2 aliphatic heterocycles. The van der Waals surface area contributed by atoms with Crippen molar-refractivity contribution in [3.63, 3.8) is 0 Å². The minimum atomic E-state index is -0.209. The summed E-state index contributed by atoms with van der Waals surface area (Å²) in [4.78, 5) is 17.5. The minimum Gasteiger partial charge on any atom is -0.492 e. The van der Waals surface area contributed by atoms with Gasteiger partial charge in [-0.25, -0.2) is 0 Å². The number of rotatable bonds is 3. The van der Waals surface area contributed by atoms with Crippen LogP contribution in [0.1, 0.15) is 5.56 Å². The van der Waals surface area contributed by atoms with E-state index < -0.39 is 0 Å². The smallest absolute Gasteiger partial charge is 0.231 e. The third-order valence-corrected chi connectivity index (χ3v) is 5.55. The molecule has 5 nitrogen and oxygen atoms in total. The number of fused-ring (bicyclic) bond motifs is 1. The summed E-state index contributed by atoms with van der Waals surface area (Å²) in [6, 6.07) is 13.6. The van der Waals surface area contributed by atoms with Gasteiger partial charge in [0, 0.05) is 31.2 Å². The van der Waals surface area contributed by atoms with Crippen molar-refractivity contribution in [2.24, 2.45) is 5.92 Å². The SMILES string of the molecule is CN1CCN(c2ccc(Cl)cc2NC(=O)[C@H]2COc3ccccc3C2)CC1. The molecule has 142 valence electrons. The van der Waals surface area contributed by atoms with Crippen LogP contribution in [-0.2, 0) is 11.2 Å². The van der Waals surface area contributed by atoms with Crippen LogP contribution < -0.4 is 15.0 Å². The highest BCUT2D eigenvalue weighted by atomic mass is 35.5. The van der Waals surface area contributed by atoms with Gasteiger partial charge in [0.25, 0.3) is 0 Å². The van der Waals surface area contributed by atoms with Crippen LogP contribution in [0.3, 0.4) is 0 Å². The summed E-state index contributed by atoms with van der Waals surface area (Å²) in [7, 11) is 2.13. The summed E-state index contributed by atoms with van der Waals surface area (Å²) < 4.78 is 5.77. The summed E-state index contributed by atoms with van der Waals surface area (Å²) in [6.45, 7) is 4.27. The molecule has 2 heterocycles. The first-order chi connectivity index (χ1) is 13.1. The molecule has 0 saturated carbocycles. The molecule has 2 aromatic carbocycles. The Bertz CT molecular complexity index is 834. The predicted molar refractivity (Wildman–Crippen MR) is 109 cm³/mol. The second-order valence-corrected chi connectivity index (χ2v) is 7.70. The number of likely N-dealkylation sites (N-methyl/N-ethyl adjacent to an activating group) is 1. The highest BCUT2D eigenvalue weighted by Gasteiger charge is 2.27. The quantitative estimate of drug-likeness (QED) is 0.880. The molecule has 1 saturated heterocycles. The third kappa shape index (κ3) is 4.04. The number of nitrogens with one attached hydrogen (secondary N) is 1. The predicted octanol–water partition coefficient (Wildman–Crippen LogP) is 3.28. The van der Waals surface area contributed by atoms with Gasteiger partial charge in [-0.3, -0.25) is 4.79 Å². The van der Waals surface area contributed by atoms with E-state index in [1.54, 1.807) is 0 Å². The zero-order chi connectivity index (χ0) is 18.8. The van der Waals surface area contributed by atoms with E-state index in [2.05, 4.69) is 22.2 Å². The van der Waals surface area contributed by atoms with Crippen LogP contribution in [-0.4, -0.2) is 50.6 Å². The van der Waals surface area contributed by atoms with Crippen LogP contribution in [0.4, 0.5) is 11.4 Å². The van der Waals surface area contributed by atoms with E-state index in [0.717, 1.165) is 48.9 Å². The van der Waals surface area contributed by atoms with E-state index in [-0.39, 0.29) is 11.8 Å². The number of anilines is 2. The van der Waals surface area contributed by atoms with E-state index in [9.17, 15) is 4.79 Å². The Hall–Kier alpha value is -2.24. The number of carbonyl (C=O) groups excluding carboxylic acids is 1. The molecule has 0 aliphatic carbocycles. The lowest BCUT2D eigenvalue weighted by atomic mass is 9.96. The Balaban J connectivity index is 1.50. The normalized spacial score (nSPS) is 19.9. The average molecular weight is 386 g/mol. The molecule has 2 aliphatic rings. The molecule has 0 aromatic heterocycles. The second-order valence-electron chi connectivity index (χ2n) is 7.26. The Morgan fingerprint density at radius 2 is 1.93 bits per heavy atom. The molecule has 4 rings (SSSR count). The van der Waals surface area contributed by atoms with Crippen LogP contribution in [0.15, 0.2) is 42.5 Å². The fourth-order valence-electron chi connectivity index (χ4n) is 3.66. The van der Waals surface area contributed by atoms with Crippen molar-refractivity contribution in [2.45, 2.75) is 6.42 Å². The number of benzene rings is 2. The number of carbonyl (C=O) groups is 1. The van der Waals surface area contributed by atoms with Gasteiger partial charge in [-0.1, -0.05) is 29.8 Å². The van der Waals surface area contributed by atoms with Crippen molar-refractivity contribution in [3.8, 4) is 5.75 Å². The number of nitrogens with zero attached hydrogens (tertiary/aromatic N) is 2. The molecule has 0 bridgehead atoms. The van der Waals surface area contributed by atoms with E-state index >= 15 is 0 Å². The average Bonchev–Trinajstić information content (AvgIpc) is 2.68. The molecule has 0 radical (unpaired) electrons. The molecular formula is C21H24ClN3O2. The van der Waals surface area contributed by atoms with Crippen molar-refractivity contribution in [1.82, 2.24) is 4.90 Å². The van der Waals surface area contributed by atoms with Gasteiger partial charge in [0.15, 0.2) is 0 Å². The Morgan fingerprint density at radius 3 is 2.74 bits per heavy atom. The van der Waals surface area contributed by atoms with Gasteiger partial charge in [-0.15, -0.1) is 0 Å². The molecule has 0 unspecified atom stereocenters. The number of piperazine rings is 1. The van der Waals surface area contributed by atoms with Crippen LogP contribution in [0.2, 0.25) is 5.02 Å². The Kier molecular flexibility index (Phi) is 5.23. The molecule has 27 heavy (non-hydrogen) atoms. The summed E-state index contributed by atoms with van der Waals surface area (Å²) in [6.07, 6.45) is 0.687. The first-order valence-electron chi connectivity index (χ1n) is 9.35. The fraction of sp³-hybridized carbons (Fsp3) is 0.381. The van der Waals surface area contributed by atoms with Gasteiger partial charge in [0.2, 0.25) is 5.91 Å². The summed E-state index contributed by atoms with van der Waals surface area (Å²) in [5.41, 5.74) is 2.88. The van der Waals surface area contributed by atoms with Crippen LogP contribution in [0, 0.1) is 5.92 Å². The largest absolute Gasteiger partial charge is 0.492 e. The third-order valence-electron chi connectivity index (χ3n) is 5.31. The number of hydrogen-bond donors (Lipinski definition) is 1. The van der Waals surface area contributed by atoms with Gasteiger partial charge in [0.05, 0.1) is 17.3 Å². The van der Waals surface area contributed by atoms with Crippen molar-refractivity contribution in [3.05, 3.63) is 53.1 Å². The maximum Gasteiger partial charge on any atom is 0.231 e. The lowest BCUT2D eigenvalue weighted by molar-refractivity contribution is -0.121. The Labute approximate surface area is 164 Å². The first kappa shape index (κ1) is 18.1. The summed E-state index contributed by atoms with van der Waals surface area (Å²) in [5, 5.41) is 3.72. The maximum atomic E-state index is 12.9. The molecule has 1 fully saturated rings. The van der Waals surface area contributed by atoms with E-state index in [4.69, 9.17) is 16.3 Å². The number of amides is 1. The first-order valence-corrected chi connectivity index (χ1v) is 9.72. The van der Waals surface area contributed by atoms with Crippen LogP contribution in [0.5, 0.6) is 5.75 Å². The zero-order valence-electron chi connectivity index (χ0n) is 15.5. The lowest BCUT2D eigenvalue weighted by Crippen LogP contribution is -2.44. The molecule has 0 spiro atoms. The molecule has 1 atom stereocenters. The van der Waals surface area contributed by atoms with Crippen molar-refractivity contribution >= 4 is 28.9 Å². The monoisotopic (exact) mass is 385 g/mol. The topological polar surface area (TPSA) is 44.8 Å². The number of ether oxygens (including phenoxy) is 1. The summed E-state index contributed by atoms with van der Waals surface area (Å²) >= 11 is 6.21. The van der Waals surface area contributed by atoms with Gasteiger partial charge in [0.1, 0.15) is 12.4 Å². The minimum absolute atomic E-state index is 0.0258. The van der Waals surface area contributed by atoms with Gasteiger partial charge in [-0.2, -0.15) is 0 Å². The second kappa shape index (κ2) is 7.79. The number of hydrogen-bond acceptors (Lipinski definition) is 4. The van der Waals surface area contributed by atoms with Crippen LogP contribution in [0.25, 0.3) is 0 Å². The number of halogens is 1. The molecular weight excluding hydrogens is 362 g/mol. The van der Waals surface area contributed by atoms with Gasteiger partial charge >= 0.3 is 0 Å². The Morgan fingerprint density at radius 1 is 1.15 bits per heavy atom. The zero-order valence-corrected chi connectivity index (χ0v) is 16.2. The van der Waals surface area contributed by atoms with E-state index in [1.165, 1.54) is 0 Å². The van der Waals surface area contributed by atoms with Gasteiger partial charge < -0.3 is 19.9 Å². The van der Waals surface area contributed by atoms with Crippen molar-refractivity contribution in [1.29, 1.82) is 0 Å². The van der Waals surface area contributed by atoms with Crippen molar-refractivity contribution in [2.75, 3.05) is 50.1 Å². The van der Waals surface area contributed by atoms with E-state index in [1.807, 2.05) is 42.5 Å². The molecule has 1 N–H and O–H groups in total. The fourth-order valence-corrected chi connectivity index (χ4v) is 3.83. The highest BCUT2D eigenvalue weighted by molar-refractivity contribution is 6.31. The standard InChI is InChI=1S/C21H24ClN3O2/c1-24-8-10-25(11-9-24)19-7-6-17(22)13-18(19)23-21(26)16-12-15-4-2-3-5-20(15)27-14-16/h2-7,13,16H,8-12,14H2,1H3,(H,23,26)/t16-/m1/s1. The highest BCUT2D eigenvalue weighted by Crippen LogP contribution is 2.32. The van der Waals surface area contributed by atoms with Crippen molar-refractivity contribution < 1.29 is 9.53 Å². The number of para-hydroxylation sites is 1. The molecule has 6 heteroatoms. The molecule has 2 aromatic rings.